The molecular weight excluding hydrogens is 457 g/mol. The molecule has 0 unspecified atom stereocenters. The Balaban J connectivity index is 2.40. The number of halogens is 1. The van der Waals surface area contributed by atoms with Crippen LogP contribution in [0.15, 0.2) is 54.6 Å². The van der Waals surface area contributed by atoms with Gasteiger partial charge in [-0.1, -0.05) is 56.3 Å². The molecule has 1 atom stereocenters. The van der Waals surface area contributed by atoms with Gasteiger partial charge in [-0.15, -0.1) is 0 Å². The van der Waals surface area contributed by atoms with Crippen LogP contribution in [0.5, 0.6) is 0 Å². The van der Waals surface area contributed by atoms with Crippen molar-refractivity contribution in [2.24, 2.45) is 5.92 Å². The zero-order valence-corrected chi connectivity index (χ0v) is 21.0. The van der Waals surface area contributed by atoms with E-state index < -0.39 is 34.3 Å². The highest BCUT2D eigenvalue weighted by Crippen LogP contribution is 2.16. The van der Waals surface area contributed by atoms with Crippen LogP contribution >= 0.6 is 0 Å². The monoisotopic (exact) mass is 491 g/mol. The maximum absolute atomic E-state index is 13.4. The van der Waals surface area contributed by atoms with Crippen molar-refractivity contribution in [3.05, 3.63) is 71.5 Å². The first-order valence-corrected chi connectivity index (χ1v) is 13.1. The van der Waals surface area contributed by atoms with Gasteiger partial charge in [0.25, 0.3) is 0 Å². The second-order valence-corrected chi connectivity index (χ2v) is 10.9. The van der Waals surface area contributed by atoms with Gasteiger partial charge in [-0.3, -0.25) is 9.59 Å². The average molecular weight is 492 g/mol. The zero-order valence-electron chi connectivity index (χ0n) is 20.2. The first-order valence-electron chi connectivity index (χ1n) is 11.2. The predicted molar refractivity (Wildman–Crippen MR) is 131 cm³/mol. The third-order valence-electron chi connectivity index (χ3n) is 5.48. The lowest BCUT2D eigenvalue weighted by Gasteiger charge is -2.32. The van der Waals surface area contributed by atoms with Crippen molar-refractivity contribution in [2.75, 3.05) is 26.4 Å². The Bertz CT molecular complexity index is 1040. The maximum atomic E-state index is 13.4. The molecule has 0 aromatic heterocycles. The summed E-state index contributed by atoms with van der Waals surface area (Å²) >= 11 is 0. The number of rotatable bonds is 12. The number of hydrogen-bond donors (Lipinski definition) is 1. The van der Waals surface area contributed by atoms with E-state index in [1.54, 1.807) is 12.1 Å². The Labute approximate surface area is 202 Å². The molecule has 0 aliphatic heterocycles. The minimum Gasteiger partial charge on any atom is -0.354 e. The molecular formula is C25H34FN3O4S. The average Bonchev–Trinajstić information content (AvgIpc) is 2.77. The Kier molecular flexibility index (Phi) is 10.2. The third kappa shape index (κ3) is 8.87. The number of sulfonamides is 1. The van der Waals surface area contributed by atoms with Crippen LogP contribution in [0.4, 0.5) is 4.39 Å². The van der Waals surface area contributed by atoms with Crippen LogP contribution in [-0.2, 0) is 32.6 Å². The molecule has 0 fully saturated rings. The largest absolute Gasteiger partial charge is 0.354 e. The molecule has 0 saturated heterocycles. The first kappa shape index (κ1) is 27.5. The van der Waals surface area contributed by atoms with Gasteiger partial charge in [0.1, 0.15) is 11.9 Å². The van der Waals surface area contributed by atoms with Crippen molar-refractivity contribution < 1.29 is 22.4 Å². The van der Waals surface area contributed by atoms with Gasteiger partial charge >= 0.3 is 0 Å². The van der Waals surface area contributed by atoms with Crippen molar-refractivity contribution in [1.29, 1.82) is 0 Å². The molecule has 2 aromatic rings. The molecule has 34 heavy (non-hydrogen) atoms. The van der Waals surface area contributed by atoms with E-state index in [1.807, 2.05) is 30.3 Å². The van der Waals surface area contributed by atoms with Crippen LogP contribution in [0.1, 0.15) is 31.4 Å². The lowest BCUT2D eigenvalue weighted by Crippen LogP contribution is -2.53. The second kappa shape index (κ2) is 12.6. The fourth-order valence-electron chi connectivity index (χ4n) is 3.34. The van der Waals surface area contributed by atoms with E-state index in [-0.39, 0.29) is 18.9 Å². The number of likely N-dealkylation sites (N-methyl/N-ethyl adjacent to an activating group) is 1. The topological polar surface area (TPSA) is 86.8 Å². The summed E-state index contributed by atoms with van der Waals surface area (Å²) in [5.41, 5.74) is 1.49. The molecule has 2 rings (SSSR count). The number of nitrogens with zero attached hydrogens (tertiary/aromatic N) is 2. The molecule has 186 valence electrons. The quantitative estimate of drug-likeness (QED) is 0.495. The summed E-state index contributed by atoms with van der Waals surface area (Å²) < 4.78 is 38.2. The molecule has 0 heterocycles. The van der Waals surface area contributed by atoms with Crippen molar-refractivity contribution >= 4 is 21.8 Å². The number of carbonyl (C=O) groups is 2. The van der Waals surface area contributed by atoms with Crippen molar-refractivity contribution in [2.45, 2.75) is 39.3 Å². The molecule has 0 spiro atoms. The SMILES string of the molecule is CC(C)CCNC(=O)[C@@H](Cc1ccccc1)N(Cc1ccc(F)cc1)C(=O)CN(C)S(C)(=O)=O. The summed E-state index contributed by atoms with van der Waals surface area (Å²) in [5, 5.41) is 2.92. The minimum absolute atomic E-state index is 0.0335. The molecule has 0 radical (unpaired) electrons. The summed E-state index contributed by atoms with van der Waals surface area (Å²) in [6.07, 6.45) is 2.06. The smallest absolute Gasteiger partial charge is 0.243 e. The van der Waals surface area contributed by atoms with E-state index in [1.165, 1.54) is 24.1 Å². The zero-order chi connectivity index (χ0) is 25.3. The lowest BCUT2D eigenvalue weighted by atomic mass is 10.0. The molecule has 0 aliphatic rings. The van der Waals surface area contributed by atoms with E-state index in [4.69, 9.17) is 0 Å². The molecule has 7 nitrogen and oxygen atoms in total. The van der Waals surface area contributed by atoms with Gasteiger partial charge in [-0.25, -0.2) is 12.8 Å². The first-order chi connectivity index (χ1) is 16.0. The minimum atomic E-state index is -3.60. The fourth-order valence-corrected chi connectivity index (χ4v) is 3.69. The Morgan fingerprint density at radius 2 is 1.62 bits per heavy atom. The number of carbonyl (C=O) groups excluding carboxylic acids is 2. The Morgan fingerprint density at radius 3 is 2.18 bits per heavy atom. The summed E-state index contributed by atoms with van der Waals surface area (Å²) in [6, 6.07) is 14.1. The van der Waals surface area contributed by atoms with Crippen LogP contribution < -0.4 is 5.32 Å². The van der Waals surface area contributed by atoms with Gasteiger partial charge in [0.15, 0.2) is 0 Å². The number of amides is 2. The van der Waals surface area contributed by atoms with Crippen molar-refractivity contribution in [1.82, 2.24) is 14.5 Å². The number of nitrogens with one attached hydrogen (secondary N) is 1. The predicted octanol–water partition coefficient (Wildman–Crippen LogP) is 2.82. The van der Waals surface area contributed by atoms with Crippen LogP contribution in [0.2, 0.25) is 0 Å². The normalized spacial score (nSPS) is 12.6. The number of benzene rings is 2. The second-order valence-electron chi connectivity index (χ2n) is 8.85. The fraction of sp³-hybridized carbons (Fsp3) is 0.440. The number of hydrogen-bond acceptors (Lipinski definition) is 4. The highest BCUT2D eigenvalue weighted by atomic mass is 32.2. The molecule has 2 aromatic carbocycles. The Hall–Kier alpha value is -2.78. The molecule has 0 saturated carbocycles. The van der Waals surface area contributed by atoms with Crippen LogP contribution in [0.3, 0.4) is 0 Å². The van der Waals surface area contributed by atoms with Gasteiger partial charge in [-0.05, 0) is 35.6 Å². The summed E-state index contributed by atoms with van der Waals surface area (Å²) in [5.74, 6) is -0.849. The van der Waals surface area contributed by atoms with E-state index in [0.717, 1.165) is 22.5 Å². The van der Waals surface area contributed by atoms with Crippen molar-refractivity contribution in [3.63, 3.8) is 0 Å². The van der Waals surface area contributed by atoms with Crippen molar-refractivity contribution in [3.8, 4) is 0 Å². The molecule has 0 aliphatic carbocycles. The summed E-state index contributed by atoms with van der Waals surface area (Å²) in [4.78, 5) is 28.0. The molecule has 0 bridgehead atoms. The van der Waals surface area contributed by atoms with E-state index in [2.05, 4.69) is 19.2 Å². The molecule has 9 heteroatoms. The Morgan fingerprint density at radius 1 is 1.00 bits per heavy atom. The standard InChI is InChI=1S/C25H34FN3O4S/c1-19(2)14-15-27-25(31)23(16-20-8-6-5-7-9-20)29(17-21-10-12-22(26)13-11-21)24(30)18-28(3)34(4,32)33/h5-13,19,23H,14-18H2,1-4H3,(H,27,31)/t23-/m1/s1. The highest BCUT2D eigenvalue weighted by molar-refractivity contribution is 7.88. The third-order valence-corrected chi connectivity index (χ3v) is 6.74. The van der Waals surface area contributed by atoms with Gasteiger partial charge in [0.2, 0.25) is 21.8 Å². The lowest BCUT2D eigenvalue weighted by molar-refractivity contribution is -0.141. The van der Waals surface area contributed by atoms with Gasteiger partial charge in [0, 0.05) is 26.6 Å². The van der Waals surface area contributed by atoms with E-state index >= 15 is 0 Å². The summed E-state index contributed by atoms with van der Waals surface area (Å²) in [6.45, 7) is 4.19. The molecule has 2 amide bonds. The highest BCUT2D eigenvalue weighted by Gasteiger charge is 2.31. The van der Waals surface area contributed by atoms with Crippen LogP contribution in [0, 0.1) is 11.7 Å². The van der Waals surface area contributed by atoms with Gasteiger partial charge < -0.3 is 10.2 Å². The summed E-state index contributed by atoms with van der Waals surface area (Å²) in [7, 11) is -2.29. The van der Waals surface area contributed by atoms with E-state index in [0.29, 0.717) is 18.0 Å². The van der Waals surface area contributed by atoms with Crippen LogP contribution in [-0.4, -0.2) is 61.9 Å². The van der Waals surface area contributed by atoms with E-state index in [9.17, 15) is 22.4 Å². The van der Waals surface area contributed by atoms with Gasteiger partial charge in [-0.2, -0.15) is 4.31 Å². The van der Waals surface area contributed by atoms with Crippen LogP contribution in [0.25, 0.3) is 0 Å². The maximum Gasteiger partial charge on any atom is 0.243 e. The van der Waals surface area contributed by atoms with Gasteiger partial charge in [0.05, 0.1) is 12.8 Å². The molecule has 1 N–H and O–H groups in total.